The standard InChI is InChI=1S/C2H2Cl3O2/c3-2(4,5)7-1-6/h1H2. The van der Waals surface area contributed by atoms with Crippen molar-refractivity contribution in [1.82, 2.24) is 0 Å². The lowest BCUT2D eigenvalue weighted by Gasteiger charge is -2.06. The number of rotatable bonds is 1. The SMILES string of the molecule is [O]COC(Cl)(Cl)Cl. The van der Waals surface area contributed by atoms with E-state index in [-0.39, 0.29) is 0 Å². The van der Waals surface area contributed by atoms with E-state index >= 15 is 0 Å². The second-order valence-corrected chi connectivity index (χ2v) is 2.89. The van der Waals surface area contributed by atoms with Crippen molar-refractivity contribution < 1.29 is 9.84 Å². The van der Waals surface area contributed by atoms with E-state index in [4.69, 9.17) is 34.8 Å². The van der Waals surface area contributed by atoms with Gasteiger partial charge in [-0.15, -0.1) is 0 Å². The average molecular weight is 164 g/mol. The van der Waals surface area contributed by atoms with Gasteiger partial charge in [-0.3, -0.25) is 0 Å². The summed E-state index contributed by atoms with van der Waals surface area (Å²) in [5.74, 6) is 0. The summed E-state index contributed by atoms with van der Waals surface area (Å²) in [6.45, 7) is -0.837. The zero-order valence-corrected chi connectivity index (χ0v) is 5.43. The topological polar surface area (TPSA) is 29.1 Å². The van der Waals surface area contributed by atoms with Gasteiger partial charge in [0.2, 0.25) is 0 Å². The summed E-state index contributed by atoms with van der Waals surface area (Å²) in [4.78, 5) is 0. The van der Waals surface area contributed by atoms with Crippen LogP contribution in [0.3, 0.4) is 0 Å². The van der Waals surface area contributed by atoms with E-state index in [9.17, 15) is 5.11 Å². The molecule has 0 N–H and O–H groups in total. The molecule has 0 amide bonds. The maximum absolute atomic E-state index is 9.47. The van der Waals surface area contributed by atoms with Gasteiger partial charge in [0, 0.05) is 0 Å². The summed E-state index contributed by atoms with van der Waals surface area (Å²) < 4.78 is 2.12. The number of halogens is 3. The molecule has 0 aromatic rings. The molecule has 0 aliphatic carbocycles. The highest BCUT2D eigenvalue weighted by molar-refractivity contribution is 6.66. The van der Waals surface area contributed by atoms with E-state index in [0.29, 0.717) is 0 Å². The van der Waals surface area contributed by atoms with Crippen molar-refractivity contribution in [2.24, 2.45) is 0 Å². The third-order valence-electron chi connectivity index (χ3n) is 0.223. The fourth-order valence-corrected chi connectivity index (χ4v) is 0.200. The fourth-order valence-electron chi connectivity index (χ4n) is 0.0668. The largest absolute Gasteiger partial charge is 0.304 e. The Morgan fingerprint density at radius 1 is 1.43 bits per heavy atom. The van der Waals surface area contributed by atoms with Crippen LogP contribution in [-0.2, 0) is 9.84 Å². The molecule has 1 radical (unpaired) electrons. The van der Waals surface area contributed by atoms with Crippen molar-refractivity contribution in [2.75, 3.05) is 6.79 Å². The molecule has 0 saturated carbocycles. The van der Waals surface area contributed by atoms with Crippen molar-refractivity contribution >= 4 is 34.8 Å². The molecule has 43 valence electrons. The van der Waals surface area contributed by atoms with E-state index in [2.05, 4.69) is 4.74 Å². The maximum Gasteiger partial charge on any atom is 0.299 e. The Morgan fingerprint density at radius 3 is 1.86 bits per heavy atom. The Hall–Kier alpha value is 0.790. The summed E-state index contributed by atoms with van der Waals surface area (Å²) in [5.41, 5.74) is 0. The zero-order chi connectivity index (χ0) is 5.91. The first-order valence-corrected chi connectivity index (χ1v) is 2.48. The number of hydrogen-bond donors (Lipinski definition) is 0. The van der Waals surface area contributed by atoms with Crippen molar-refractivity contribution in [3.63, 3.8) is 0 Å². The first kappa shape index (κ1) is 7.79. The molecule has 0 aliphatic heterocycles. The molecule has 0 heterocycles. The monoisotopic (exact) mass is 163 g/mol. The zero-order valence-electron chi connectivity index (χ0n) is 3.16. The molecule has 0 aromatic heterocycles. The van der Waals surface area contributed by atoms with Gasteiger partial charge in [-0.25, -0.2) is 5.11 Å². The molecule has 0 atom stereocenters. The third-order valence-corrected chi connectivity index (χ3v) is 0.550. The molecular formula is C2H2Cl3O2. The number of ether oxygens (including phenoxy) is 1. The second kappa shape index (κ2) is 2.95. The van der Waals surface area contributed by atoms with Crippen molar-refractivity contribution in [3.8, 4) is 0 Å². The Bertz CT molecular complexity index is 49.4. The molecule has 0 spiro atoms. The van der Waals surface area contributed by atoms with Gasteiger partial charge in [0.25, 0.3) is 3.98 Å². The lowest BCUT2D eigenvalue weighted by molar-refractivity contribution is -0.0479. The summed E-state index contributed by atoms with van der Waals surface area (Å²) >= 11 is 14.8. The van der Waals surface area contributed by atoms with Crippen LogP contribution in [-0.4, -0.2) is 10.8 Å². The normalized spacial score (nSPS) is 12.0. The lowest BCUT2D eigenvalue weighted by atomic mass is 11.4. The summed E-state index contributed by atoms with van der Waals surface area (Å²) in [6.07, 6.45) is 0. The van der Waals surface area contributed by atoms with Crippen LogP contribution in [0.4, 0.5) is 0 Å². The van der Waals surface area contributed by atoms with Gasteiger partial charge in [0.1, 0.15) is 0 Å². The van der Waals surface area contributed by atoms with Crippen molar-refractivity contribution in [1.29, 1.82) is 0 Å². The Kier molecular flexibility index (Phi) is 3.28. The molecular weight excluding hydrogens is 162 g/mol. The molecule has 2 nitrogen and oxygen atoms in total. The third kappa shape index (κ3) is 6.79. The Morgan fingerprint density at radius 2 is 1.86 bits per heavy atom. The average Bonchev–Trinajstić information content (AvgIpc) is 1.30. The lowest BCUT2D eigenvalue weighted by Crippen LogP contribution is -2.07. The first-order chi connectivity index (χ1) is 3.06. The maximum atomic E-state index is 9.47. The van der Waals surface area contributed by atoms with E-state index < -0.39 is 10.8 Å². The minimum Gasteiger partial charge on any atom is -0.304 e. The summed E-state index contributed by atoms with van der Waals surface area (Å²) in [7, 11) is 0. The molecule has 7 heavy (non-hydrogen) atoms. The number of hydrogen-bond acceptors (Lipinski definition) is 1. The predicted molar refractivity (Wildman–Crippen MR) is 26.9 cm³/mol. The van der Waals surface area contributed by atoms with E-state index in [1.54, 1.807) is 0 Å². The first-order valence-electron chi connectivity index (χ1n) is 1.35. The summed E-state index contributed by atoms with van der Waals surface area (Å²) in [5, 5.41) is 9.47. The van der Waals surface area contributed by atoms with E-state index in [0.717, 1.165) is 0 Å². The Balaban J connectivity index is 3.15. The highest BCUT2D eigenvalue weighted by Gasteiger charge is 2.18. The van der Waals surface area contributed by atoms with Crippen LogP contribution < -0.4 is 0 Å². The predicted octanol–water partition coefficient (Wildman–Crippen LogP) is 1.72. The highest BCUT2D eigenvalue weighted by Crippen LogP contribution is 2.26. The van der Waals surface area contributed by atoms with Crippen molar-refractivity contribution in [2.45, 2.75) is 3.98 Å². The van der Waals surface area contributed by atoms with Crippen LogP contribution in [0.15, 0.2) is 0 Å². The van der Waals surface area contributed by atoms with Gasteiger partial charge in [-0.2, -0.15) is 0 Å². The highest BCUT2D eigenvalue weighted by atomic mass is 35.6. The van der Waals surface area contributed by atoms with Crippen LogP contribution in [0, 0.1) is 0 Å². The molecule has 0 aromatic carbocycles. The molecule has 0 rings (SSSR count). The van der Waals surface area contributed by atoms with Crippen LogP contribution in [0.2, 0.25) is 0 Å². The summed E-state index contributed by atoms with van der Waals surface area (Å²) in [6, 6.07) is 0. The molecule has 0 saturated heterocycles. The minimum absolute atomic E-state index is 0.837. The van der Waals surface area contributed by atoms with Crippen LogP contribution in [0.5, 0.6) is 0 Å². The van der Waals surface area contributed by atoms with Crippen LogP contribution in [0.25, 0.3) is 0 Å². The molecule has 0 fully saturated rings. The van der Waals surface area contributed by atoms with Gasteiger partial charge in [0.05, 0.1) is 0 Å². The van der Waals surface area contributed by atoms with Crippen LogP contribution in [0.1, 0.15) is 0 Å². The molecule has 5 heteroatoms. The molecule has 0 bridgehead atoms. The van der Waals surface area contributed by atoms with E-state index in [1.807, 2.05) is 0 Å². The Labute approximate surface area is 55.9 Å². The smallest absolute Gasteiger partial charge is 0.299 e. The van der Waals surface area contributed by atoms with Crippen molar-refractivity contribution in [3.05, 3.63) is 0 Å². The van der Waals surface area contributed by atoms with Gasteiger partial charge in [-0.1, -0.05) is 34.8 Å². The van der Waals surface area contributed by atoms with Gasteiger partial charge >= 0.3 is 0 Å². The van der Waals surface area contributed by atoms with E-state index in [1.165, 1.54) is 0 Å². The fraction of sp³-hybridized carbons (Fsp3) is 1.00. The second-order valence-electron chi connectivity index (χ2n) is 0.708. The molecule has 0 aliphatic rings. The quantitative estimate of drug-likeness (QED) is 0.428. The van der Waals surface area contributed by atoms with Gasteiger partial charge < -0.3 is 4.74 Å². The van der Waals surface area contributed by atoms with Gasteiger partial charge in [0.15, 0.2) is 6.79 Å². The number of alkyl halides is 3. The van der Waals surface area contributed by atoms with Crippen LogP contribution >= 0.6 is 34.8 Å². The molecule has 0 unspecified atom stereocenters. The minimum atomic E-state index is -1.85. The van der Waals surface area contributed by atoms with Gasteiger partial charge in [-0.05, 0) is 0 Å².